The molecule has 3 rings (SSSR count). The second kappa shape index (κ2) is 8.75. The predicted octanol–water partition coefficient (Wildman–Crippen LogP) is 0.877. The molecule has 1 fully saturated rings. The highest BCUT2D eigenvalue weighted by atomic mass is 32.2. The van der Waals surface area contributed by atoms with Crippen molar-refractivity contribution in [3.8, 4) is 0 Å². The highest BCUT2D eigenvalue weighted by molar-refractivity contribution is 7.91. The molecule has 0 spiro atoms. The van der Waals surface area contributed by atoms with Crippen LogP contribution in [0.5, 0.6) is 0 Å². The predicted molar refractivity (Wildman–Crippen MR) is 113 cm³/mol. The molecule has 1 aliphatic heterocycles. The smallest absolute Gasteiger partial charge is 0.255 e. The van der Waals surface area contributed by atoms with Gasteiger partial charge in [-0.3, -0.25) is 14.6 Å². The van der Waals surface area contributed by atoms with Crippen molar-refractivity contribution < 1.29 is 26.4 Å². The Bertz CT molecular complexity index is 1160. The van der Waals surface area contributed by atoms with Gasteiger partial charge in [0.15, 0.2) is 19.7 Å². The van der Waals surface area contributed by atoms with Crippen molar-refractivity contribution in [2.75, 3.05) is 38.7 Å². The number of aromatic nitrogens is 1. The minimum Gasteiger partial charge on any atom is -0.337 e. The molecule has 0 unspecified atom stereocenters. The fourth-order valence-electron chi connectivity index (χ4n) is 3.30. The van der Waals surface area contributed by atoms with E-state index in [-0.39, 0.29) is 27.8 Å². The Hall–Kier alpha value is -2.79. The zero-order valence-corrected chi connectivity index (χ0v) is 18.8. The molecule has 0 bridgehead atoms. The Kier molecular flexibility index (Phi) is 6.46. The van der Waals surface area contributed by atoms with E-state index in [9.17, 15) is 26.4 Å². The largest absolute Gasteiger partial charge is 0.337 e. The van der Waals surface area contributed by atoms with Gasteiger partial charge in [0.1, 0.15) is 0 Å². The molecule has 0 aliphatic carbocycles. The van der Waals surface area contributed by atoms with Crippen LogP contribution >= 0.6 is 0 Å². The number of benzene rings is 1. The maximum Gasteiger partial charge on any atom is 0.255 e. The van der Waals surface area contributed by atoms with Gasteiger partial charge in [0.2, 0.25) is 0 Å². The van der Waals surface area contributed by atoms with Gasteiger partial charge in [-0.15, -0.1) is 0 Å². The number of pyridine rings is 1. The molecule has 2 amide bonds. The third-order valence-electron chi connectivity index (χ3n) is 4.96. The van der Waals surface area contributed by atoms with Crippen LogP contribution in [0.25, 0.3) is 0 Å². The topological polar surface area (TPSA) is 122 Å². The summed E-state index contributed by atoms with van der Waals surface area (Å²) in [6.45, 7) is 1.34. The molecular formula is C20H23N3O6S2. The van der Waals surface area contributed by atoms with E-state index in [2.05, 4.69) is 4.98 Å². The van der Waals surface area contributed by atoms with Crippen LogP contribution in [0.15, 0.2) is 52.5 Å². The first-order valence-corrected chi connectivity index (χ1v) is 13.3. The maximum absolute atomic E-state index is 13.1. The molecular weight excluding hydrogens is 442 g/mol. The van der Waals surface area contributed by atoms with Crippen LogP contribution in [0.3, 0.4) is 0 Å². The molecule has 0 radical (unpaired) electrons. The second-order valence-electron chi connectivity index (χ2n) is 7.42. The van der Waals surface area contributed by atoms with E-state index in [1.54, 1.807) is 23.2 Å². The van der Waals surface area contributed by atoms with Crippen LogP contribution < -0.4 is 0 Å². The minimum atomic E-state index is -3.72. The summed E-state index contributed by atoms with van der Waals surface area (Å²) in [6, 6.07) is 6.78. The Labute approximate surface area is 181 Å². The van der Waals surface area contributed by atoms with Crippen molar-refractivity contribution in [1.82, 2.24) is 14.8 Å². The van der Waals surface area contributed by atoms with E-state index in [1.807, 2.05) is 0 Å². The zero-order valence-electron chi connectivity index (χ0n) is 17.2. The standard InChI is InChI=1S/C20H23N3O6S2/c1-30(26,27)17-11-16(12-18(13-17)31(2,28)29)20(25)23-8-4-7-22(9-10-23)19(24)15-5-3-6-21-14-15/h3,5-6,11-14H,4,7-10H2,1-2H3. The Morgan fingerprint density at radius 2 is 1.32 bits per heavy atom. The van der Waals surface area contributed by atoms with Crippen molar-refractivity contribution in [2.24, 2.45) is 0 Å². The highest BCUT2D eigenvalue weighted by Crippen LogP contribution is 2.21. The molecule has 0 atom stereocenters. The van der Waals surface area contributed by atoms with Gasteiger partial charge >= 0.3 is 0 Å². The average molecular weight is 466 g/mol. The fraction of sp³-hybridized carbons (Fsp3) is 0.350. The third kappa shape index (κ3) is 5.47. The summed E-state index contributed by atoms with van der Waals surface area (Å²) in [5, 5.41) is 0. The number of sulfone groups is 2. The summed E-state index contributed by atoms with van der Waals surface area (Å²) in [5.41, 5.74) is 0.441. The van der Waals surface area contributed by atoms with Gasteiger partial charge in [-0.05, 0) is 36.8 Å². The van der Waals surface area contributed by atoms with Gasteiger partial charge in [0.05, 0.1) is 15.4 Å². The summed E-state index contributed by atoms with van der Waals surface area (Å²) >= 11 is 0. The molecule has 1 aromatic heterocycles. The first-order valence-electron chi connectivity index (χ1n) is 9.50. The summed E-state index contributed by atoms with van der Waals surface area (Å²) in [6.07, 6.45) is 5.50. The molecule has 1 saturated heterocycles. The number of carbonyl (C=O) groups is 2. The molecule has 1 aliphatic rings. The number of rotatable bonds is 4. The molecule has 31 heavy (non-hydrogen) atoms. The Morgan fingerprint density at radius 1 is 0.806 bits per heavy atom. The number of amides is 2. The summed E-state index contributed by atoms with van der Waals surface area (Å²) in [5.74, 6) is -0.660. The Balaban J connectivity index is 1.84. The number of carbonyl (C=O) groups excluding carboxylic acids is 2. The molecule has 2 aromatic rings. The van der Waals surface area contributed by atoms with Gasteiger partial charge in [-0.2, -0.15) is 0 Å². The first-order chi connectivity index (χ1) is 14.5. The number of hydrogen-bond acceptors (Lipinski definition) is 7. The monoisotopic (exact) mass is 465 g/mol. The highest BCUT2D eigenvalue weighted by Gasteiger charge is 2.25. The lowest BCUT2D eigenvalue weighted by molar-refractivity contribution is 0.0718. The molecule has 11 heteroatoms. The maximum atomic E-state index is 13.1. The fourth-order valence-corrected chi connectivity index (χ4v) is 4.74. The lowest BCUT2D eigenvalue weighted by Gasteiger charge is -2.22. The molecule has 166 valence electrons. The molecule has 0 N–H and O–H groups in total. The molecule has 9 nitrogen and oxygen atoms in total. The van der Waals surface area contributed by atoms with Gasteiger partial charge in [-0.1, -0.05) is 0 Å². The summed E-state index contributed by atoms with van der Waals surface area (Å²) in [7, 11) is -7.45. The van der Waals surface area contributed by atoms with Crippen LogP contribution in [0.4, 0.5) is 0 Å². The van der Waals surface area contributed by atoms with Gasteiger partial charge in [-0.25, -0.2) is 16.8 Å². The van der Waals surface area contributed by atoms with E-state index in [0.29, 0.717) is 31.6 Å². The van der Waals surface area contributed by atoms with E-state index >= 15 is 0 Å². The van der Waals surface area contributed by atoms with Crippen LogP contribution in [0.1, 0.15) is 27.1 Å². The van der Waals surface area contributed by atoms with Crippen molar-refractivity contribution in [3.63, 3.8) is 0 Å². The first kappa shape index (κ1) is 22.9. The summed E-state index contributed by atoms with van der Waals surface area (Å²) < 4.78 is 48.0. The van der Waals surface area contributed by atoms with E-state index in [4.69, 9.17) is 0 Å². The van der Waals surface area contributed by atoms with E-state index < -0.39 is 25.6 Å². The van der Waals surface area contributed by atoms with Crippen molar-refractivity contribution in [3.05, 3.63) is 53.9 Å². The lowest BCUT2D eigenvalue weighted by atomic mass is 10.2. The average Bonchev–Trinajstić information content (AvgIpc) is 2.98. The number of nitrogens with zero attached hydrogens (tertiary/aromatic N) is 3. The molecule has 0 saturated carbocycles. The van der Waals surface area contributed by atoms with E-state index in [1.165, 1.54) is 23.2 Å². The van der Waals surface area contributed by atoms with Crippen LogP contribution in [-0.2, 0) is 19.7 Å². The Morgan fingerprint density at radius 3 is 1.77 bits per heavy atom. The molecule has 1 aromatic carbocycles. The van der Waals surface area contributed by atoms with Crippen LogP contribution in [-0.4, -0.2) is 82.1 Å². The normalized spacial score (nSPS) is 15.4. The van der Waals surface area contributed by atoms with Gasteiger partial charge in [0.25, 0.3) is 11.8 Å². The molecule has 2 heterocycles. The van der Waals surface area contributed by atoms with Crippen molar-refractivity contribution in [2.45, 2.75) is 16.2 Å². The van der Waals surface area contributed by atoms with Gasteiger partial charge in [0, 0.05) is 56.6 Å². The lowest BCUT2D eigenvalue weighted by Crippen LogP contribution is -2.37. The second-order valence-corrected chi connectivity index (χ2v) is 11.4. The summed E-state index contributed by atoms with van der Waals surface area (Å²) in [4.78, 5) is 32.4. The van der Waals surface area contributed by atoms with Crippen molar-refractivity contribution in [1.29, 1.82) is 0 Å². The van der Waals surface area contributed by atoms with Crippen LogP contribution in [0, 0.1) is 0 Å². The van der Waals surface area contributed by atoms with Gasteiger partial charge < -0.3 is 9.80 Å². The number of hydrogen-bond donors (Lipinski definition) is 0. The zero-order chi connectivity index (χ0) is 22.8. The third-order valence-corrected chi connectivity index (χ3v) is 7.15. The van der Waals surface area contributed by atoms with E-state index in [0.717, 1.165) is 18.6 Å². The van der Waals surface area contributed by atoms with Crippen molar-refractivity contribution >= 4 is 31.5 Å². The minimum absolute atomic E-state index is 0.0182. The quantitative estimate of drug-likeness (QED) is 0.657. The SMILES string of the molecule is CS(=O)(=O)c1cc(C(=O)N2CCCN(C(=O)c3cccnc3)CC2)cc(S(C)(=O)=O)c1. The van der Waals surface area contributed by atoms with Crippen LogP contribution in [0.2, 0.25) is 0 Å².